The summed E-state index contributed by atoms with van der Waals surface area (Å²) >= 11 is 0. The van der Waals surface area contributed by atoms with Crippen molar-refractivity contribution in [2.24, 2.45) is 9.98 Å². The van der Waals surface area contributed by atoms with Crippen LogP contribution in [0.25, 0.3) is 22.3 Å². The van der Waals surface area contributed by atoms with Crippen LogP contribution in [0.2, 0.25) is 0 Å². The van der Waals surface area contributed by atoms with Gasteiger partial charge in [-0.15, -0.1) is 0 Å². The molecule has 4 nitrogen and oxygen atoms in total. The van der Waals surface area contributed by atoms with Gasteiger partial charge in [-0.05, 0) is 145 Å². The number of hydrogen-bond donors (Lipinski definition) is 0. The van der Waals surface area contributed by atoms with Crippen LogP contribution in [-0.2, 0) is 34.1 Å². The topological polar surface area (TPSA) is 50.5 Å². The summed E-state index contributed by atoms with van der Waals surface area (Å²) in [6.07, 6.45) is 7.26. The first-order chi connectivity index (χ1) is 20.2. The first kappa shape index (κ1) is 48.4. The minimum absolute atomic E-state index is 0. The number of benzene rings is 3. The van der Waals surface area contributed by atoms with Gasteiger partial charge in [-0.3, -0.25) is 20.0 Å². The summed E-state index contributed by atoms with van der Waals surface area (Å²) in [6, 6.07) is 25.5. The molecule has 0 amide bonds. The molecule has 0 N–H and O–H groups in total. The Bertz CT molecular complexity index is 1640. The second kappa shape index (κ2) is 22.2. The molecular formula is C38H38Br4Cu2N4. The molecule has 0 aliphatic rings. The number of halogens is 4. The fourth-order valence-corrected chi connectivity index (χ4v) is 5.47. The van der Waals surface area contributed by atoms with Crippen molar-refractivity contribution in [1.29, 1.82) is 0 Å². The number of aryl methyl sites for hydroxylation is 4. The second-order valence-corrected chi connectivity index (χ2v) is 11.3. The molecule has 0 unspecified atom stereocenters. The summed E-state index contributed by atoms with van der Waals surface area (Å²) in [4.78, 5) is 18.4. The summed E-state index contributed by atoms with van der Waals surface area (Å²) in [5, 5.41) is 0. The Morgan fingerprint density at radius 2 is 0.896 bits per heavy atom. The number of aliphatic imine (C=N–C) groups is 2. The molecule has 2 aromatic heterocycles. The van der Waals surface area contributed by atoms with E-state index in [0.717, 1.165) is 45.0 Å². The number of nitrogens with zero attached hydrogens (tertiary/aromatic N) is 4. The molecule has 2 heterocycles. The third-order valence-corrected chi connectivity index (χ3v) is 7.73. The van der Waals surface area contributed by atoms with E-state index in [0.29, 0.717) is 5.92 Å². The largest absolute Gasteiger partial charge is 2.00 e. The van der Waals surface area contributed by atoms with Crippen LogP contribution in [0.1, 0.15) is 64.5 Å². The molecule has 0 spiro atoms. The number of aromatic nitrogens is 2. The normalized spacial score (nSPS) is 10.2. The third-order valence-electron chi connectivity index (χ3n) is 7.73. The van der Waals surface area contributed by atoms with Gasteiger partial charge in [0.25, 0.3) is 0 Å². The van der Waals surface area contributed by atoms with Gasteiger partial charge in [0.2, 0.25) is 0 Å². The standard InChI is InChI=1S/C38H38N4.4BrH.2Cu/c1-24(2)30-20-35(31-16-25(3)37(26(4)17-31)41-22-33-12-8-10-14-39-33)29(7)36(21-30)32-18-27(5)38(28(6)19-32)42-23-34-13-9-11-15-40-34;;;;;;/h8-24H,1-7H3;4*1H;;/q;;;;;2*+2/p-4. The molecular weight excluding hydrogens is 959 g/mol. The van der Waals surface area contributed by atoms with E-state index < -0.39 is 0 Å². The Morgan fingerprint density at radius 3 is 1.19 bits per heavy atom. The van der Waals surface area contributed by atoms with Crippen LogP contribution in [0.4, 0.5) is 11.4 Å². The molecule has 2 radical (unpaired) electrons. The SMILES string of the molecule is Cc1cc(-c2cc(C(C)C)cc(-c3cc(C)c(N=Cc4ccccn4)c(C)c3)c2C)cc(C)c1N=Cc1ccccn1.[Br-].[Br-].[Br-].[Br-].[Cu+2].[Cu+2]. The molecule has 5 rings (SSSR count). The molecule has 0 bridgehead atoms. The zero-order valence-electron chi connectivity index (χ0n) is 27.7. The number of pyridine rings is 2. The van der Waals surface area contributed by atoms with Crippen LogP contribution in [0.3, 0.4) is 0 Å². The van der Waals surface area contributed by atoms with E-state index in [2.05, 4.69) is 94.8 Å². The fraction of sp³-hybridized carbons (Fsp3) is 0.211. The zero-order valence-corrected chi connectivity index (χ0v) is 35.9. The van der Waals surface area contributed by atoms with Crippen LogP contribution < -0.4 is 67.9 Å². The Balaban J connectivity index is 0. The predicted octanol–water partition coefficient (Wildman–Crippen LogP) is -2.01. The van der Waals surface area contributed by atoms with Crippen molar-refractivity contribution in [3.05, 3.63) is 130 Å². The average molecular weight is 997 g/mol. The van der Waals surface area contributed by atoms with Crippen LogP contribution in [0.15, 0.2) is 95.2 Å². The molecule has 260 valence electrons. The number of hydrogen-bond acceptors (Lipinski definition) is 4. The van der Waals surface area contributed by atoms with Crippen molar-refractivity contribution in [3.63, 3.8) is 0 Å². The van der Waals surface area contributed by atoms with Crippen molar-refractivity contribution in [2.45, 2.75) is 54.4 Å². The first-order valence-electron chi connectivity index (χ1n) is 14.5. The van der Waals surface area contributed by atoms with E-state index in [1.165, 1.54) is 33.4 Å². The predicted molar refractivity (Wildman–Crippen MR) is 178 cm³/mol. The molecule has 0 atom stereocenters. The Kier molecular flexibility index (Phi) is 22.3. The van der Waals surface area contributed by atoms with Gasteiger partial charge in [0.1, 0.15) is 0 Å². The maximum atomic E-state index is 4.80. The van der Waals surface area contributed by atoms with E-state index >= 15 is 0 Å². The van der Waals surface area contributed by atoms with Crippen LogP contribution >= 0.6 is 0 Å². The maximum Gasteiger partial charge on any atom is 2.00 e. The molecule has 0 saturated heterocycles. The third kappa shape index (κ3) is 11.7. The summed E-state index contributed by atoms with van der Waals surface area (Å²) in [6.45, 7) is 15.3. The quantitative estimate of drug-likeness (QED) is 0.140. The van der Waals surface area contributed by atoms with Gasteiger partial charge in [0.15, 0.2) is 0 Å². The van der Waals surface area contributed by atoms with E-state index in [9.17, 15) is 0 Å². The minimum Gasteiger partial charge on any atom is -1.00 e. The molecule has 3 aromatic carbocycles. The van der Waals surface area contributed by atoms with Gasteiger partial charge in [0, 0.05) is 12.4 Å². The molecule has 0 aliphatic carbocycles. The Morgan fingerprint density at radius 1 is 0.542 bits per heavy atom. The smallest absolute Gasteiger partial charge is 1.00 e. The Hall–Kier alpha value is -1.74. The van der Waals surface area contributed by atoms with Crippen LogP contribution in [0, 0.1) is 34.6 Å². The van der Waals surface area contributed by atoms with Gasteiger partial charge < -0.3 is 67.9 Å². The Labute approximate surface area is 349 Å². The molecule has 48 heavy (non-hydrogen) atoms. The molecule has 5 aromatic rings. The zero-order chi connectivity index (χ0) is 29.8. The van der Waals surface area contributed by atoms with E-state index in [4.69, 9.17) is 9.98 Å². The molecule has 10 heteroatoms. The van der Waals surface area contributed by atoms with Gasteiger partial charge >= 0.3 is 34.1 Å². The molecule has 0 saturated carbocycles. The summed E-state index contributed by atoms with van der Waals surface area (Å²) in [5.41, 5.74) is 15.8. The van der Waals surface area contributed by atoms with Gasteiger partial charge in [-0.1, -0.05) is 38.1 Å². The van der Waals surface area contributed by atoms with Crippen LogP contribution in [0.5, 0.6) is 0 Å². The minimum atomic E-state index is 0. The van der Waals surface area contributed by atoms with Crippen LogP contribution in [-0.4, -0.2) is 22.4 Å². The average Bonchev–Trinajstić information content (AvgIpc) is 2.97. The van der Waals surface area contributed by atoms with Crippen molar-refractivity contribution in [1.82, 2.24) is 9.97 Å². The molecule has 0 aliphatic heterocycles. The summed E-state index contributed by atoms with van der Waals surface area (Å²) in [5.74, 6) is 0.400. The van der Waals surface area contributed by atoms with Gasteiger partial charge in [0.05, 0.1) is 35.2 Å². The van der Waals surface area contributed by atoms with E-state index in [-0.39, 0.29) is 102 Å². The van der Waals surface area contributed by atoms with E-state index in [1.807, 2.05) is 48.8 Å². The van der Waals surface area contributed by atoms with E-state index in [1.54, 1.807) is 12.4 Å². The van der Waals surface area contributed by atoms with Gasteiger partial charge in [-0.2, -0.15) is 0 Å². The van der Waals surface area contributed by atoms with Crippen molar-refractivity contribution in [3.8, 4) is 22.3 Å². The van der Waals surface area contributed by atoms with Crippen molar-refractivity contribution in [2.75, 3.05) is 0 Å². The summed E-state index contributed by atoms with van der Waals surface area (Å²) < 4.78 is 0. The number of rotatable bonds is 7. The first-order valence-corrected chi connectivity index (χ1v) is 14.5. The summed E-state index contributed by atoms with van der Waals surface area (Å²) in [7, 11) is 0. The van der Waals surface area contributed by atoms with Gasteiger partial charge in [-0.25, -0.2) is 0 Å². The fourth-order valence-electron chi connectivity index (χ4n) is 5.47. The molecule has 0 fully saturated rings. The monoisotopic (exact) mass is 992 g/mol. The second-order valence-electron chi connectivity index (χ2n) is 11.3. The van der Waals surface area contributed by atoms with Crippen molar-refractivity contribution < 1.29 is 102 Å². The van der Waals surface area contributed by atoms with Crippen molar-refractivity contribution >= 4 is 23.8 Å². The maximum absolute atomic E-state index is 4.80.